The van der Waals surface area contributed by atoms with Gasteiger partial charge in [0.2, 0.25) is 5.69 Å². The second-order valence-electron chi connectivity index (χ2n) is 15.3. The molecular formula is C39H36BrN2Na5O18S6. The van der Waals surface area contributed by atoms with Crippen molar-refractivity contribution in [3.05, 3.63) is 94.1 Å². The first-order valence-corrected chi connectivity index (χ1v) is 26.0. The number of hydrogen-bond donors (Lipinski definition) is 0. The molecule has 0 N–H and O–H groups in total. The Morgan fingerprint density at radius 3 is 1.90 bits per heavy atom. The van der Waals surface area contributed by atoms with Gasteiger partial charge in [-0.25, -0.2) is 16.8 Å². The fourth-order valence-electron chi connectivity index (χ4n) is 8.37. The molecule has 71 heavy (non-hydrogen) atoms. The normalized spacial score (nSPS) is 15.6. The van der Waals surface area contributed by atoms with E-state index in [4.69, 9.17) is 0 Å². The molecule has 0 aromatic heterocycles. The summed E-state index contributed by atoms with van der Waals surface area (Å²) < 4.78 is 95.2. The van der Waals surface area contributed by atoms with Crippen molar-refractivity contribution in [3.8, 4) is 0 Å². The van der Waals surface area contributed by atoms with E-state index in [1.165, 1.54) is 12.1 Å². The molecule has 2 heterocycles. The third-order valence-electron chi connectivity index (χ3n) is 10.8. The molecule has 0 fully saturated rings. The second-order valence-corrected chi connectivity index (χ2v) is 22.0. The number of nitrogens with zero attached hydrogens (tertiary/aromatic N) is 2. The van der Waals surface area contributed by atoms with Gasteiger partial charge in [-0.2, -0.15) is 21.9 Å². The monoisotopic (exact) mass is 1210 g/mol. The van der Waals surface area contributed by atoms with Gasteiger partial charge in [-0.3, -0.25) is 20.2 Å². The number of hydrogen-bond acceptors (Lipinski definition) is 23. The standard InChI is InChI=1S/C39H41BrN2O18S6.5Na/c1-38(2)34(42(16-6-18-62-58-54-44)31-12-10-27-28(36(31)38)19-24(63-59-55-45)20-33(27)66(50,51)52)13-7-23(40)8-14-35-39(3,4)37-29-21-25(65(47,48)49)22-32(64-60-56-46)26(29)9-11-30(37)41(35)15-5-17-61-57-53-43;;;;;/h7-14,19-22H,5-6,15-18H2,1-4H3,(H5-,43,44,45,46,47,48,49,50,51,52);;;;;/q;5*+1/p-5. The number of rotatable bonds is 23. The van der Waals surface area contributed by atoms with Gasteiger partial charge in [0, 0.05) is 103 Å². The van der Waals surface area contributed by atoms with Crippen LogP contribution in [-0.2, 0) is 68.6 Å². The summed E-state index contributed by atoms with van der Waals surface area (Å²) in [5, 5.41) is 57.7. The van der Waals surface area contributed by atoms with E-state index in [9.17, 15) is 47.0 Å². The molecule has 0 atom stereocenters. The van der Waals surface area contributed by atoms with Gasteiger partial charge in [-0.05, 0) is 96.6 Å². The molecule has 2 aliphatic heterocycles. The molecule has 0 unspecified atom stereocenters. The minimum atomic E-state index is -5.01. The van der Waals surface area contributed by atoms with Crippen molar-refractivity contribution in [1.29, 1.82) is 0 Å². The van der Waals surface area contributed by atoms with Crippen LogP contribution >= 0.6 is 64.1 Å². The Morgan fingerprint density at radius 1 is 0.704 bits per heavy atom. The van der Waals surface area contributed by atoms with E-state index in [1.54, 1.807) is 18.2 Å². The SMILES string of the molecule is CC1(C)C(/C=C/C(Br)=C/C=C2/N(CCCSOO[O-])c3ccc4c(SOO[O-])cc(S(=O)(=O)[O-])cc4c3C2(C)C)=[N+](CCCSOO[O-])c2ccc3c(S(=O)(=O)[O-])cc(SOO[O-])cc3c21.[Na+].[Na+].[Na+].[Na+].[Na+]. The second kappa shape index (κ2) is 31.9. The molecule has 32 heteroatoms. The van der Waals surface area contributed by atoms with E-state index < -0.39 is 40.9 Å². The Kier molecular flexibility index (Phi) is 32.1. The summed E-state index contributed by atoms with van der Waals surface area (Å²) in [6.07, 6.45) is 8.35. The van der Waals surface area contributed by atoms with Gasteiger partial charge < -0.3 is 35.0 Å². The largest absolute Gasteiger partial charge is 1.00 e. The van der Waals surface area contributed by atoms with Crippen LogP contribution in [0, 0.1) is 0 Å². The van der Waals surface area contributed by atoms with Crippen LogP contribution in [0.5, 0.6) is 0 Å². The minimum Gasteiger partial charge on any atom is -0.744 e. The van der Waals surface area contributed by atoms with Crippen molar-refractivity contribution in [2.75, 3.05) is 29.5 Å². The number of fused-ring (bicyclic) bond motifs is 6. The molecule has 0 spiro atoms. The van der Waals surface area contributed by atoms with Crippen LogP contribution in [0.25, 0.3) is 21.5 Å². The molecule has 4 aromatic carbocycles. The summed E-state index contributed by atoms with van der Waals surface area (Å²) in [7, 11) is -9.98. The van der Waals surface area contributed by atoms with Gasteiger partial charge in [0.15, 0.2) is 5.71 Å². The van der Waals surface area contributed by atoms with Crippen LogP contribution < -0.4 is 174 Å². The van der Waals surface area contributed by atoms with Crippen molar-refractivity contribution < 1.29 is 237 Å². The minimum absolute atomic E-state index is 0. The Balaban J connectivity index is 0.00000504. The zero-order valence-corrected chi connectivity index (χ0v) is 56.2. The molecule has 20 nitrogen and oxygen atoms in total. The third-order valence-corrected chi connectivity index (χ3v) is 15.5. The summed E-state index contributed by atoms with van der Waals surface area (Å²) >= 11 is 6.24. The van der Waals surface area contributed by atoms with Crippen LogP contribution in [0.4, 0.5) is 11.4 Å². The maximum Gasteiger partial charge on any atom is 1.00 e. The number of allylic oxidation sites excluding steroid dienone is 6. The van der Waals surface area contributed by atoms with Gasteiger partial charge in [-0.15, -0.1) is 0 Å². The van der Waals surface area contributed by atoms with Gasteiger partial charge >= 0.3 is 148 Å². The maximum absolute atomic E-state index is 12.5. The molecule has 0 saturated heterocycles. The molecular weight excluding hydrogens is 1170 g/mol. The average Bonchev–Trinajstić information content (AvgIpc) is 3.62. The molecule has 358 valence electrons. The van der Waals surface area contributed by atoms with Crippen molar-refractivity contribution in [2.24, 2.45) is 0 Å². The Hall–Kier alpha value is 2.31. The fraction of sp³-hybridized carbons (Fsp3) is 0.308. The summed E-state index contributed by atoms with van der Waals surface area (Å²) in [6.45, 7) is 8.49. The van der Waals surface area contributed by atoms with Gasteiger partial charge in [0.05, 0.1) is 39.3 Å². The summed E-state index contributed by atoms with van der Waals surface area (Å²) in [5.41, 5.74) is 2.53. The molecule has 0 aliphatic carbocycles. The first-order chi connectivity index (χ1) is 31.3. The Morgan fingerprint density at radius 2 is 1.30 bits per heavy atom. The van der Waals surface area contributed by atoms with Gasteiger partial charge in [0.25, 0.3) is 0 Å². The Bertz CT molecular complexity index is 2850. The molecule has 2 aliphatic rings. The van der Waals surface area contributed by atoms with Crippen LogP contribution in [0.3, 0.4) is 0 Å². The predicted molar refractivity (Wildman–Crippen MR) is 236 cm³/mol. The zero-order chi connectivity index (χ0) is 48.0. The van der Waals surface area contributed by atoms with E-state index in [2.05, 4.69) is 53.4 Å². The molecule has 0 bridgehead atoms. The van der Waals surface area contributed by atoms with Gasteiger partial charge in [0.1, 0.15) is 26.8 Å². The number of anilines is 1. The van der Waals surface area contributed by atoms with Crippen LogP contribution in [0.2, 0.25) is 0 Å². The third kappa shape index (κ3) is 17.2. The quantitative estimate of drug-likeness (QED) is 0.00974. The first kappa shape index (κ1) is 71.3. The molecule has 4 aromatic rings. The predicted octanol–water partition coefficient (Wildman–Crippen LogP) is -10.3. The van der Waals surface area contributed by atoms with Gasteiger partial charge in [-0.1, -0.05) is 35.8 Å². The van der Waals surface area contributed by atoms with E-state index in [0.29, 0.717) is 105 Å². The van der Waals surface area contributed by atoms with Crippen molar-refractivity contribution in [3.63, 3.8) is 0 Å². The van der Waals surface area contributed by atoms with Crippen molar-refractivity contribution in [2.45, 2.75) is 70.9 Å². The summed E-state index contributed by atoms with van der Waals surface area (Å²) in [5.74, 6) is 0.724. The van der Waals surface area contributed by atoms with Crippen LogP contribution in [0.1, 0.15) is 51.7 Å². The smallest absolute Gasteiger partial charge is 0.744 e. The maximum atomic E-state index is 12.5. The average molecular weight is 1210 g/mol. The molecule has 0 amide bonds. The van der Waals surface area contributed by atoms with Crippen molar-refractivity contribution >= 4 is 123 Å². The summed E-state index contributed by atoms with van der Waals surface area (Å²) in [4.78, 5) is 1.23. The summed E-state index contributed by atoms with van der Waals surface area (Å²) in [6, 6.07) is 11.9. The molecule has 0 radical (unpaired) electrons. The van der Waals surface area contributed by atoms with E-state index in [1.807, 2.05) is 67.5 Å². The topological polar surface area (TPSA) is 287 Å². The van der Waals surface area contributed by atoms with Crippen molar-refractivity contribution in [1.82, 2.24) is 0 Å². The fourth-order valence-corrected chi connectivity index (χ4v) is 11.7. The van der Waals surface area contributed by atoms with Crippen LogP contribution in [-0.4, -0.2) is 60.8 Å². The van der Waals surface area contributed by atoms with E-state index in [0.717, 1.165) is 47.6 Å². The molecule has 0 saturated carbocycles. The molecule has 6 rings (SSSR count). The zero-order valence-electron chi connectivity index (χ0n) is 39.7. The first-order valence-electron chi connectivity index (χ1n) is 19.1. The Labute approximate surface area is 546 Å². The van der Waals surface area contributed by atoms with Crippen LogP contribution in [0.15, 0.2) is 103 Å². The van der Waals surface area contributed by atoms with E-state index >= 15 is 0 Å². The number of halogens is 1. The van der Waals surface area contributed by atoms with E-state index in [-0.39, 0.29) is 163 Å². The number of benzene rings is 4.